The molecular formula is C18H16N2O4S. The molecule has 3 rings (SSSR count). The lowest BCUT2D eigenvalue weighted by Gasteiger charge is -2.07. The second kappa shape index (κ2) is 6.98. The average Bonchev–Trinajstić information content (AvgIpc) is 3.13. The Morgan fingerprint density at radius 3 is 2.80 bits per heavy atom. The van der Waals surface area contributed by atoms with E-state index in [9.17, 15) is 9.59 Å². The number of hydrogen-bond acceptors (Lipinski definition) is 6. The second-order valence-corrected chi connectivity index (χ2v) is 6.37. The number of aliphatic imine (C=N–C) groups is 1. The summed E-state index contributed by atoms with van der Waals surface area (Å²) >= 11 is 1.26. The third-order valence-corrected chi connectivity index (χ3v) is 4.59. The molecule has 1 aromatic carbocycles. The van der Waals surface area contributed by atoms with Gasteiger partial charge in [0.25, 0.3) is 5.91 Å². The number of furan rings is 1. The van der Waals surface area contributed by atoms with Crippen molar-refractivity contribution in [3.8, 4) is 0 Å². The molecule has 6 nitrogen and oxygen atoms in total. The average molecular weight is 356 g/mol. The van der Waals surface area contributed by atoms with Crippen molar-refractivity contribution in [1.29, 1.82) is 0 Å². The fourth-order valence-corrected chi connectivity index (χ4v) is 3.21. The Bertz CT molecular complexity index is 898. The van der Waals surface area contributed by atoms with Gasteiger partial charge in [-0.3, -0.25) is 9.69 Å². The largest absolute Gasteiger partial charge is 0.465 e. The zero-order valence-electron chi connectivity index (χ0n) is 14.0. The summed E-state index contributed by atoms with van der Waals surface area (Å²) in [6.45, 7) is 1.85. The van der Waals surface area contributed by atoms with E-state index >= 15 is 0 Å². The van der Waals surface area contributed by atoms with Gasteiger partial charge < -0.3 is 9.15 Å². The molecule has 0 radical (unpaired) electrons. The first-order valence-electron chi connectivity index (χ1n) is 7.49. The van der Waals surface area contributed by atoms with Crippen LogP contribution in [0.5, 0.6) is 0 Å². The number of amides is 1. The normalized spacial score (nSPS) is 17.6. The summed E-state index contributed by atoms with van der Waals surface area (Å²) in [7, 11) is 2.99. The number of methoxy groups -OCH3 is 1. The first-order valence-corrected chi connectivity index (χ1v) is 8.30. The highest BCUT2D eigenvalue weighted by atomic mass is 32.2. The van der Waals surface area contributed by atoms with Crippen molar-refractivity contribution in [1.82, 2.24) is 4.90 Å². The zero-order chi connectivity index (χ0) is 18.0. The summed E-state index contributed by atoms with van der Waals surface area (Å²) < 4.78 is 10.2. The molecule has 0 spiro atoms. The lowest BCUT2D eigenvalue weighted by molar-refractivity contribution is -0.121. The van der Waals surface area contributed by atoms with Crippen molar-refractivity contribution in [2.24, 2.45) is 4.99 Å². The molecule has 0 aliphatic carbocycles. The predicted molar refractivity (Wildman–Crippen MR) is 96.7 cm³/mol. The first-order chi connectivity index (χ1) is 12.0. The number of rotatable bonds is 3. The summed E-state index contributed by atoms with van der Waals surface area (Å²) in [6, 6.07) is 10.4. The monoisotopic (exact) mass is 356 g/mol. The SMILES string of the molecule is COC(=O)c1cccc(N=C2SC(=Cc3ccc(C)o3)C(=O)N2C)c1. The lowest BCUT2D eigenvalue weighted by Crippen LogP contribution is -2.23. The van der Waals surface area contributed by atoms with Crippen LogP contribution in [0.25, 0.3) is 6.08 Å². The molecule has 0 unspecified atom stereocenters. The zero-order valence-corrected chi connectivity index (χ0v) is 14.8. The molecule has 1 aliphatic rings. The van der Waals surface area contributed by atoms with Gasteiger partial charge in [0.2, 0.25) is 0 Å². The van der Waals surface area contributed by atoms with E-state index in [0.29, 0.717) is 27.1 Å². The number of ether oxygens (including phenoxy) is 1. The maximum absolute atomic E-state index is 12.4. The van der Waals surface area contributed by atoms with E-state index in [1.807, 2.05) is 19.1 Å². The van der Waals surface area contributed by atoms with Crippen LogP contribution >= 0.6 is 11.8 Å². The highest BCUT2D eigenvalue weighted by molar-refractivity contribution is 8.18. The Balaban J connectivity index is 1.88. The quantitative estimate of drug-likeness (QED) is 0.620. The summed E-state index contributed by atoms with van der Waals surface area (Å²) in [6.07, 6.45) is 1.70. The number of aryl methyl sites for hydroxylation is 1. The van der Waals surface area contributed by atoms with Crippen molar-refractivity contribution in [2.75, 3.05) is 14.2 Å². The number of likely N-dealkylation sites (N-methyl/N-ethyl adjacent to an activating group) is 1. The van der Waals surface area contributed by atoms with Crippen molar-refractivity contribution in [2.45, 2.75) is 6.92 Å². The molecule has 7 heteroatoms. The van der Waals surface area contributed by atoms with E-state index < -0.39 is 5.97 Å². The number of carbonyl (C=O) groups excluding carboxylic acids is 2. The third kappa shape index (κ3) is 3.66. The molecular weight excluding hydrogens is 340 g/mol. The van der Waals surface area contributed by atoms with E-state index in [-0.39, 0.29) is 5.91 Å². The maximum atomic E-state index is 12.4. The molecule has 1 amide bonds. The fraction of sp³-hybridized carbons (Fsp3) is 0.167. The van der Waals surface area contributed by atoms with Gasteiger partial charge in [-0.15, -0.1) is 0 Å². The van der Waals surface area contributed by atoms with Crippen molar-refractivity contribution < 1.29 is 18.7 Å². The van der Waals surface area contributed by atoms with Gasteiger partial charge in [0.1, 0.15) is 11.5 Å². The van der Waals surface area contributed by atoms with Crippen LogP contribution in [0.4, 0.5) is 5.69 Å². The van der Waals surface area contributed by atoms with E-state index in [2.05, 4.69) is 4.99 Å². The molecule has 1 saturated heterocycles. The molecule has 0 atom stereocenters. The molecule has 0 saturated carbocycles. The minimum Gasteiger partial charge on any atom is -0.465 e. The van der Waals surface area contributed by atoms with Crippen LogP contribution in [0.15, 0.2) is 50.7 Å². The van der Waals surface area contributed by atoms with Gasteiger partial charge in [-0.2, -0.15) is 0 Å². The molecule has 128 valence electrons. The Hall–Kier alpha value is -2.80. The first kappa shape index (κ1) is 17.0. The van der Waals surface area contributed by atoms with E-state index in [1.165, 1.54) is 23.8 Å². The van der Waals surface area contributed by atoms with E-state index in [1.54, 1.807) is 37.4 Å². The predicted octanol–water partition coefficient (Wildman–Crippen LogP) is 3.61. The van der Waals surface area contributed by atoms with Gasteiger partial charge in [-0.05, 0) is 49.0 Å². The fourth-order valence-electron chi connectivity index (χ4n) is 2.24. The number of benzene rings is 1. The Morgan fingerprint density at radius 2 is 2.12 bits per heavy atom. The molecule has 1 aliphatic heterocycles. The Kier molecular flexibility index (Phi) is 4.76. The van der Waals surface area contributed by atoms with Crippen LogP contribution < -0.4 is 0 Å². The number of thioether (sulfide) groups is 1. The van der Waals surface area contributed by atoms with Crippen molar-refractivity contribution in [3.63, 3.8) is 0 Å². The number of esters is 1. The molecule has 1 aromatic heterocycles. The maximum Gasteiger partial charge on any atom is 0.337 e. The second-order valence-electron chi connectivity index (χ2n) is 5.36. The summed E-state index contributed by atoms with van der Waals surface area (Å²) in [5.41, 5.74) is 0.975. The highest BCUT2D eigenvalue weighted by Gasteiger charge is 2.30. The van der Waals surface area contributed by atoms with Gasteiger partial charge in [-0.1, -0.05) is 6.07 Å². The van der Waals surface area contributed by atoms with Crippen LogP contribution in [-0.2, 0) is 9.53 Å². The van der Waals surface area contributed by atoms with Gasteiger partial charge in [-0.25, -0.2) is 9.79 Å². The number of carbonyl (C=O) groups is 2. The lowest BCUT2D eigenvalue weighted by atomic mass is 10.2. The van der Waals surface area contributed by atoms with Crippen molar-refractivity contribution >= 4 is 40.6 Å². The molecule has 2 heterocycles. The number of hydrogen-bond donors (Lipinski definition) is 0. The molecule has 0 bridgehead atoms. The summed E-state index contributed by atoms with van der Waals surface area (Å²) in [5.74, 6) is 0.820. The van der Waals surface area contributed by atoms with Gasteiger partial charge >= 0.3 is 5.97 Å². The third-order valence-electron chi connectivity index (χ3n) is 3.53. The van der Waals surface area contributed by atoms with Crippen LogP contribution in [0.1, 0.15) is 21.9 Å². The molecule has 2 aromatic rings. The van der Waals surface area contributed by atoms with Crippen LogP contribution in [0.2, 0.25) is 0 Å². The molecule has 0 N–H and O–H groups in total. The minimum absolute atomic E-state index is 0.151. The highest BCUT2D eigenvalue weighted by Crippen LogP contribution is 2.33. The Labute approximate surface area is 149 Å². The van der Waals surface area contributed by atoms with Gasteiger partial charge in [0.15, 0.2) is 5.17 Å². The number of nitrogens with zero attached hydrogens (tertiary/aromatic N) is 2. The van der Waals surface area contributed by atoms with Gasteiger partial charge in [0.05, 0.1) is 23.3 Å². The van der Waals surface area contributed by atoms with Gasteiger partial charge in [0, 0.05) is 13.1 Å². The van der Waals surface area contributed by atoms with Crippen LogP contribution in [-0.4, -0.2) is 36.1 Å². The molecule has 25 heavy (non-hydrogen) atoms. The van der Waals surface area contributed by atoms with Crippen LogP contribution in [0.3, 0.4) is 0 Å². The topological polar surface area (TPSA) is 72.1 Å². The minimum atomic E-state index is -0.431. The molecule has 1 fully saturated rings. The summed E-state index contributed by atoms with van der Waals surface area (Å²) in [4.78, 5) is 30.5. The smallest absolute Gasteiger partial charge is 0.337 e. The van der Waals surface area contributed by atoms with E-state index in [0.717, 1.165) is 5.76 Å². The van der Waals surface area contributed by atoms with E-state index in [4.69, 9.17) is 9.15 Å². The number of amidine groups is 1. The summed E-state index contributed by atoms with van der Waals surface area (Å²) in [5, 5.41) is 0.529. The van der Waals surface area contributed by atoms with Crippen LogP contribution in [0, 0.1) is 6.92 Å². The Morgan fingerprint density at radius 1 is 1.32 bits per heavy atom. The van der Waals surface area contributed by atoms with Crippen molar-refractivity contribution in [3.05, 3.63) is 58.4 Å². The standard InChI is InChI=1S/C18H16N2O4S/c1-11-7-8-14(24-11)10-15-16(21)20(2)18(25-15)19-13-6-4-5-12(9-13)17(22)23-3/h4-10H,1-3H3.